The maximum atomic E-state index is 12.5. The first-order valence-corrected chi connectivity index (χ1v) is 11.2. The van der Waals surface area contributed by atoms with E-state index in [1.807, 2.05) is 37.3 Å². The number of amides is 1. The van der Waals surface area contributed by atoms with Gasteiger partial charge in [-0.3, -0.25) is 9.10 Å². The summed E-state index contributed by atoms with van der Waals surface area (Å²) in [6.45, 7) is 2.27. The summed E-state index contributed by atoms with van der Waals surface area (Å²) in [7, 11) is -3.53. The molecule has 6 nitrogen and oxygen atoms in total. The number of aryl methyl sites for hydroxylation is 2. The largest absolute Gasteiger partial charge is 0.476 e. The summed E-state index contributed by atoms with van der Waals surface area (Å²) in [4.78, 5) is 12.5. The van der Waals surface area contributed by atoms with E-state index in [0.29, 0.717) is 29.4 Å². The molecule has 1 atom stereocenters. The molecule has 1 N–H and O–H groups in total. The Hall–Kier alpha value is -2.25. The summed E-state index contributed by atoms with van der Waals surface area (Å²) in [5.74, 6) is 0.0533. The van der Waals surface area contributed by atoms with Gasteiger partial charge < -0.3 is 10.1 Å². The Bertz CT molecular complexity index is 978. The van der Waals surface area contributed by atoms with Crippen molar-refractivity contribution in [3.63, 3.8) is 0 Å². The number of anilines is 1. The van der Waals surface area contributed by atoms with Crippen molar-refractivity contribution in [3.8, 4) is 5.75 Å². The molecular formula is C20H23ClN2O4S. The van der Waals surface area contributed by atoms with Gasteiger partial charge in [0.15, 0.2) is 6.10 Å². The second-order valence-corrected chi connectivity index (χ2v) is 9.17. The predicted molar refractivity (Wildman–Crippen MR) is 111 cm³/mol. The number of ether oxygens (including phenoxy) is 1. The summed E-state index contributed by atoms with van der Waals surface area (Å²) in [6, 6.07) is 12.9. The SMILES string of the molecule is Cc1ccc2c(c1)N(S(C)(=O)=O)CC(C(=O)NCCCc1ccccc1Cl)O2. The second kappa shape index (κ2) is 8.41. The van der Waals surface area contributed by atoms with Crippen molar-refractivity contribution in [2.75, 3.05) is 23.7 Å². The predicted octanol–water partition coefficient (Wildman–Crippen LogP) is 2.92. The number of nitrogens with zero attached hydrogens (tertiary/aromatic N) is 1. The van der Waals surface area contributed by atoms with E-state index in [9.17, 15) is 13.2 Å². The average Bonchev–Trinajstić information content (AvgIpc) is 2.64. The second-order valence-electron chi connectivity index (χ2n) is 6.86. The maximum Gasteiger partial charge on any atom is 0.263 e. The monoisotopic (exact) mass is 422 g/mol. The van der Waals surface area contributed by atoms with E-state index in [2.05, 4.69) is 5.32 Å². The van der Waals surface area contributed by atoms with Crippen molar-refractivity contribution in [2.24, 2.45) is 0 Å². The number of hydrogen-bond acceptors (Lipinski definition) is 4. The van der Waals surface area contributed by atoms with Gasteiger partial charge in [-0.15, -0.1) is 0 Å². The molecule has 0 fully saturated rings. The highest BCUT2D eigenvalue weighted by Crippen LogP contribution is 2.35. The van der Waals surface area contributed by atoms with E-state index < -0.39 is 16.1 Å². The Kier molecular flexibility index (Phi) is 6.15. The van der Waals surface area contributed by atoms with Gasteiger partial charge >= 0.3 is 0 Å². The third-order valence-electron chi connectivity index (χ3n) is 4.56. The summed E-state index contributed by atoms with van der Waals surface area (Å²) >= 11 is 6.14. The summed E-state index contributed by atoms with van der Waals surface area (Å²) in [5.41, 5.74) is 2.41. The lowest BCUT2D eigenvalue weighted by molar-refractivity contribution is -0.127. The third kappa shape index (κ3) is 4.77. The lowest BCUT2D eigenvalue weighted by Crippen LogP contribution is -2.50. The van der Waals surface area contributed by atoms with Crippen LogP contribution in [0.2, 0.25) is 5.02 Å². The van der Waals surface area contributed by atoms with Crippen LogP contribution in [0.25, 0.3) is 0 Å². The number of rotatable bonds is 6. The van der Waals surface area contributed by atoms with Gasteiger partial charge in [-0.1, -0.05) is 35.9 Å². The van der Waals surface area contributed by atoms with Crippen LogP contribution < -0.4 is 14.4 Å². The fraction of sp³-hybridized carbons (Fsp3) is 0.350. The van der Waals surface area contributed by atoms with Gasteiger partial charge in [-0.25, -0.2) is 8.42 Å². The van der Waals surface area contributed by atoms with Crippen molar-refractivity contribution in [2.45, 2.75) is 25.9 Å². The zero-order valence-corrected chi connectivity index (χ0v) is 17.4. The normalized spacial score (nSPS) is 16.2. The highest BCUT2D eigenvalue weighted by atomic mass is 35.5. The van der Waals surface area contributed by atoms with Crippen LogP contribution in [-0.2, 0) is 21.2 Å². The quantitative estimate of drug-likeness (QED) is 0.726. The maximum absolute atomic E-state index is 12.5. The van der Waals surface area contributed by atoms with E-state index in [4.69, 9.17) is 16.3 Å². The lowest BCUT2D eigenvalue weighted by Gasteiger charge is -2.34. The number of sulfonamides is 1. The Morgan fingerprint density at radius 1 is 1.29 bits per heavy atom. The standard InChI is InChI=1S/C20H23ClN2O4S/c1-14-9-10-18-17(12-14)23(28(2,25)26)13-19(27-18)20(24)22-11-5-7-15-6-3-4-8-16(15)21/h3-4,6,8-10,12,19H,5,7,11,13H2,1-2H3,(H,22,24). The highest BCUT2D eigenvalue weighted by Gasteiger charge is 2.34. The molecule has 0 aromatic heterocycles. The van der Waals surface area contributed by atoms with Crippen molar-refractivity contribution >= 4 is 33.2 Å². The van der Waals surface area contributed by atoms with Crippen molar-refractivity contribution in [1.82, 2.24) is 5.32 Å². The molecule has 0 bridgehead atoms. The molecule has 150 valence electrons. The molecule has 1 aliphatic heterocycles. The molecule has 0 saturated carbocycles. The van der Waals surface area contributed by atoms with E-state index in [1.165, 1.54) is 4.31 Å². The molecular weight excluding hydrogens is 400 g/mol. The fourth-order valence-electron chi connectivity index (χ4n) is 3.12. The first kappa shape index (κ1) is 20.5. The Labute approximate surface area is 170 Å². The lowest BCUT2D eigenvalue weighted by atomic mass is 10.1. The molecule has 0 saturated heterocycles. The minimum absolute atomic E-state index is 0.0500. The van der Waals surface area contributed by atoms with Crippen LogP contribution in [0.3, 0.4) is 0 Å². The number of halogens is 1. The van der Waals surface area contributed by atoms with E-state index in [0.717, 1.165) is 23.8 Å². The fourth-order valence-corrected chi connectivity index (χ4v) is 4.25. The molecule has 1 unspecified atom stereocenters. The molecule has 0 aliphatic carbocycles. The number of benzene rings is 2. The van der Waals surface area contributed by atoms with Crippen LogP contribution >= 0.6 is 11.6 Å². The zero-order chi connectivity index (χ0) is 20.3. The van der Waals surface area contributed by atoms with E-state index in [-0.39, 0.29) is 12.5 Å². The van der Waals surface area contributed by atoms with Crippen molar-refractivity contribution in [3.05, 3.63) is 58.6 Å². The van der Waals surface area contributed by atoms with Gasteiger partial charge in [0.05, 0.1) is 18.5 Å². The molecule has 1 amide bonds. The summed E-state index contributed by atoms with van der Waals surface area (Å²) in [6.07, 6.45) is 1.69. The van der Waals surface area contributed by atoms with Gasteiger partial charge in [-0.05, 0) is 49.1 Å². The van der Waals surface area contributed by atoms with Gasteiger partial charge in [0, 0.05) is 11.6 Å². The van der Waals surface area contributed by atoms with Gasteiger partial charge in [-0.2, -0.15) is 0 Å². The Morgan fingerprint density at radius 2 is 2.04 bits per heavy atom. The zero-order valence-electron chi connectivity index (χ0n) is 15.8. The van der Waals surface area contributed by atoms with Gasteiger partial charge in [0.1, 0.15) is 5.75 Å². The third-order valence-corrected chi connectivity index (χ3v) is 6.07. The Morgan fingerprint density at radius 3 is 2.75 bits per heavy atom. The highest BCUT2D eigenvalue weighted by molar-refractivity contribution is 7.92. The van der Waals surface area contributed by atoms with Crippen LogP contribution in [0, 0.1) is 6.92 Å². The molecule has 8 heteroatoms. The number of nitrogens with one attached hydrogen (secondary N) is 1. The number of carbonyl (C=O) groups excluding carboxylic acids is 1. The minimum atomic E-state index is -3.53. The molecule has 2 aromatic carbocycles. The summed E-state index contributed by atoms with van der Waals surface area (Å²) in [5, 5.41) is 3.54. The van der Waals surface area contributed by atoms with E-state index >= 15 is 0 Å². The first-order chi connectivity index (χ1) is 13.3. The molecule has 2 aromatic rings. The smallest absolute Gasteiger partial charge is 0.263 e. The Balaban J connectivity index is 1.63. The molecule has 3 rings (SSSR count). The van der Waals surface area contributed by atoms with Crippen molar-refractivity contribution < 1.29 is 17.9 Å². The van der Waals surface area contributed by atoms with Crippen LogP contribution in [0.1, 0.15) is 17.5 Å². The van der Waals surface area contributed by atoms with Crippen LogP contribution in [0.15, 0.2) is 42.5 Å². The van der Waals surface area contributed by atoms with E-state index in [1.54, 1.807) is 12.1 Å². The van der Waals surface area contributed by atoms with Crippen LogP contribution in [0.4, 0.5) is 5.69 Å². The van der Waals surface area contributed by atoms with Gasteiger partial charge in [0.25, 0.3) is 5.91 Å². The van der Waals surface area contributed by atoms with Crippen molar-refractivity contribution in [1.29, 1.82) is 0 Å². The topological polar surface area (TPSA) is 75.7 Å². The minimum Gasteiger partial charge on any atom is -0.476 e. The molecule has 1 heterocycles. The van der Waals surface area contributed by atoms with Gasteiger partial charge in [0.2, 0.25) is 10.0 Å². The molecule has 1 aliphatic rings. The molecule has 0 spiro atoms. The average molecular weight is 423 g/mol. The number of fused-ring (bicyclic) bond motifs is 1. The molecule has 28 heavy (non-hydrogen) atoms. The molecule has 0 radical (unpaired) electrons. The van der Waals surface area contributed by atoms with Crippen LogP contribution in [-0.4, -0.2) is 39.8 Å². The first-order valence-electron chi connectivity index (χ1n) is 9.02. The number of carbonyl (C=O) groups is 1. The number of hydrogen-bond donors (Lipinski definition) is 1. The van der Waals surface area contributed by atoms with Crippen LogP contribution in [0.5, 0.6) is 5.75 Å². The summed E-state index contributed by atoms with van der Waals surface area (Å²) < 4.78 is 31.4.